The number of aryl methyl sites for hydroxylation is 1. The molecule has 1 aromatic carbocycles. The van der Waals surface area contributed by atoms with Gasteiger partial charge >= 0.3 is 11.8 Å². The van der Waals surface area contributed by atoms with Gasteiger partial charge in [-0.15, -0.1) is 0 Å². The maximum Gasteiger partial charge on any atom is 0.316 e. The van der Waals surface area contributed by atoms with Gasteiger partial charge in [0.25, 0.3) is 0 Å². The summed E-state index contributed by atoms with van der Waals surface area (Å²) in [5.74, 6) is 0.431. The van der Waals surface area contributed by atoms with Gasteiger partial charge in [0.05, 0.1) is 0 Å². The minimum Gasteiger partial charge on any atom is -0.491 e. The maximum absolute atomic E-state index is 11.9. The molecule has 0 aliphatic heterocycles. The summed E-state index contributed by atoms with van der Waals surface area (Å²) in [7, 11) is 0. The molecule has 1 heterocycles. The highest BCUT2D eigenvalue weighted by Gasteiger charge is 2.14. The zero-order valence-electron chi connectivity index (χ0n) is 14.9. The monoisotopic (exact) mass is 348 g/mol. The number of carbonyl (C=O) groups is 1. The van der Waals surface area contributed by atoms with E-state index in [-0.39, 0.29) is 18.0 Å². The summed E-state index contributed by atoms with van der Waals surface area (Å²) in [6, 6.07) is 6.80. The summed E-state index contributed by atoms with van der Waals surface area (Å²) in [6.45, 7) is 8.35. The van der Waals surface area contributed by atoms with E-state index in [0.29, 0.717) is 23.8 Å². The molecule has 25 heavy (non-hydrogen) atoms. The van der Waals surface area contributed by atoms with Crippen LogP contribution in [0.1, 0.15) is 37.3 Å². The van der Waals surface area contributed by atoms with Gasteiger partial charge in [0.1, 0.15) is 18.5 Å². The number of hydrogen-bond acceptors (Lipinski definition) is 7. The van der Waals surface area contributed by atoms with E-state index in [1.54, 1.807) is 31.2 Å². The van der Waals surface area contributed by atoms with Crippen molar-refractivity contribution in [1.29, 1.82) is 0 Å². The molecule has 1 aromatic heterocycles. The summed E-state index contributed by atoms with van der Waals surface area (Å²) in [5, 5.41) is 19.3. The number of aliphatic hydroxyl groups excluding tert-OH is 1. The van der Waals surface area contributed by atoms with E-state index in [4.69, 9.17) is 9.26 Å². The van der Waals surface area contributed by atoms with Crippen molar-refractivity contribution < 1.29 is 19.2 Å². The highest BCUT2D eigenvalue weighted by Crippen LogP contribution is 2.16. The second kappa shape index (κ2) is 8.09. The van der Waals surface area contributed by atoms with Crippen LogP contribution in [-0.2, 0) is 0 Å². The molecule has 0 fully saturated rings. The van der Waals surface area contributed by atoms with Crippen LogP contribution in [0.2, 0.25) is 0 Å². The van der Waals surface area contributed by atoms with Crippen LogP contribution < -0.4 is 15.4 Å². The predicted molar refractivity (Wildman–Crippen MR) is 92.7 cm³/mol. The van der Waals surface area contributed by atoms with E-state index in [9.17, 15) is 9.90 Å². The largest absolute Gasteiger partial charge is 0.491 e. The number of amides is 1. The number of hydrogen-bond donors (Lipinski definition) is 3. The van der Waals surface area contributed by atoms with Crippen LogP contribution in [0.25, 0.3) is 0 Å². The van der Waals surface area contributed by atoms with E-state index < -0.39 is 12.0 Å². The summed E-state index contributed by atoms with van der Waals surface area (Å²) in [6.07, 6.45) is -0.612. The number of anilines is 1. The first-order chi connectivity index (χ1) is 11.7. The lowest BCUT2D eigenvalue weighted by molar-refractivity contribution is 0.0981. The van der Waals surface area contributed by atoms with Crippen LogP contribution in [0.5, 0.6) is 5.75 Å². The molecule has 0 saturated carbocycles. The Hall–Kier alpha value is -2.45. The predicted octanol–water partition coefficient (Wildman–Crippen LogP) is 1.76. The minimum atomic E-state index is -0.612. The zero-order chi connectivity index (χ0) is 18.4. The highest BCUT2D eigenvalue weighted by molar-refractivity contribution is 6.00. The van der Waals surface area contributed by atoms with Crippen molar-refractivity contribution in [1.82, 2.24) is 15.5 Å². The normalized spacial score (nSPS) is 12.7. The van der Waals surface area contributed by atoms with Gasteiger partial charge in [0, 0.05) is 17.8 Å². The molecular formula is C17H24N4O4. The first-order valence-electron chi connectivity index (χ1n) is 8.00. The van der Waals surface area contributed by atoms with Crippen molar-refractivity contribution >= 4 is 11.6 Å². The van der Waals surface area contributed by atoms with Crippen LogP contribution in [0.3, 0.4) is 0 Å². The molecular weight excluding hydrogens is 324 g/mol. The molecule has 1 atom stereocenters. The van der Waals surface area contributed by atoms with Gasteiger partial charge in [0.2, 0.25) is 0 Å². The second-order valence-electron chi connectivity index (χ2n) is 6.72. The Morgan fingerprint density at radius 2 is 2.00 bits per heavy atom. The molecule has 3 N–H and O–H groups in total. The smallest absolute Gasteiger partial charge is 0.316 e. The number of ether oxygens (including phenoxy) is 1. The van der Waals surface area contributed by atoms with Gasteiger partial charge in [-0.1, -0.05) is 5.16 Å². The molecule has 0 aliphatic carbocycles. The van der Waals surface area contributed by atoms with Crippen LogP contribution in [0.4, 0.5) is 5.69 Å². The Morgan fingerprint density at radius 1 is 1.32 bits per heavy atom. The van der Waals surface area contributed by atoms with Crippen LogP contribution in [0.15, 0.2) is 28.8 Å². The maximum atomic E-state index is 11.9. The van der Waals surface area contributed by atoms with Gasteiger partial charge in [0.15, 0.2) is 5.82 Å². The fourth-order valence-electron chi connectivity index (χ4n) is 1.88. The molecule has 8 nitrogen and oxygen atoms in total. The van der Waals surface area contributed by atoms with E-state index in [1.807, 2.05) is 20.8 Å². The quantitative estimate of drug-likeness (QED) is 0.699. The number of benzene rings is 1. The standard InChI is InChI=1S/C17H24N4O4/c1-11-19-16(25-21-11)15(23)20-12-5-7-14(8-6-12)24-10-13(22)9-18-17(2,3)4/h5-8,13,18,22H,9-10H2,1-4H3,(H,20,23). The van der Waals surface area contributed by atoms with Crippen molar-refractivity contribution in [2.45, 2.75) is 39.3 Å². The SMILES string of the molecule is Cc1noc(C(=O)Nc2ccc(OCC(O)CNC(C)(C)C)cc2)n1. The third-order valence-electron chi connectivity index (χ3n) is 3.14. The Bertz CT molecular complexity index is 691. The van der Waals surface area contributed by atoms with Gasteiger partial charge in [-0.3, -0.25) is 4.79 Å². The Balaban J connectivity index is 1.80. The molecule has 1 amide bonds. The summed E-state index contributed by atoms with van der Waals surface area (Å²) in [5.41, 5.74) is 0.515. The molecule has 0 aliphatic rings. The Labute approximate surface area is 146 Å². The van der Waals surface area contributed by atoms with E-state index in [2.05, 4.69) is 20.8 Å². The average Bonchev–Trinajstić information content (AvgIpc) is 2.98. The van der Waals surface area contributed by atoms with Crippen molar-refractivity contribution in [3.8, 4) is 5.75 Å². The number of aliphatic hydroxyl groups is 1. The third kappa shape index (κ3) is 6.52. The van der Waals surface area contributed by atoms with Gasteiger partial charge in [-0.25, -0.2) is 0 Å². The highest BCUT2D eigenvalue weighted by atomic mass is 16.5. The lowest BCUT2D eigenvalue weighted by Crippen LogP contribution is -2.42. The fourth-order valence-corrected chi connectivity index (χ4v) is 1.88. The number of nitrogens with zero attached hydrogens (tertiary/aromatic N) is 2. The topological polar surface area (TPSA) is 110 Å². The van der Waals surface area contributed by atoms with Crippen LogP contribution in [0, 0.1) is 6.92 Å². The van der Waals surface area contributed by atoms with E-state index >= 15 is 0 Å². The van der Waals surface area contributed by atoms with Crippen LogP contribution >= 0.6 is 0 Å². The number of rotatable bonds is 7. The van der Waals surface area contributed by atoms with Gasteiger partial charge < -0.3 is 25.0 Å². The van der Waals surface area contributed by atoms with Crippen molar-refractivity contribution in [2.24, 2.45) is 0 Å². The first kappa shape index (κ1) is 18.9. The molecule has 8 heteroatoms. The van der Waals surface area contributed by atoms with E-state index in [1.165, 1.54) is 0 Å². The van der Waals surface area contributed by atoms with Crippen molar-refractivity contribution in [3.05, 3.63) is 36.0 Å². The van der Waals surface area contributed by atoms with Gasteiger partial charge in [-0.2, -0.15) is 4.98 Å². The lowest BCUT2D eigenvalue weighted by Gasteiger charge is -2.23. The summed E-state index contributed by atoms with van der Waals surface area (Å²) < 4.78 is 10.3. The van der Waals surface area contributed by atoms with Crippen LogP contribution in [-0.4, -0.2) is 45.9 Å². The lowest BCUT2D eigenvalue weighted by atomic mass is 10.1. The van der Waals surface area contributed by atoms with E-state index in [0.717, 1.165) is 0 Å². The molecule has 0 saturated heterocycles. The number of nitrogens with one attached hydrogen (secondary N) is 2. The molecule has 136 valence electrons. The molecule has 2 rings (SSSR count). The molecule has 0 spiro atoms. The summed E-state index contributed by atoms with van der Waals surface area (Å²) >= 11 is 0. The van der Waals surface area contributed by atoms with Crippen molar-refractivity contribution in [2.75, 3.05) is 18.5 Å². The molecule has 1 unspecified atom stereocenters. The Kier molecular flexibility index (Phi) is 6.11. The average molecular weight is 348 g/mol. The third-order valence-corrected chi connectivity index (χ3v) is 3.14. The molecule has 0 radical (unpaired) electrons. The number of aromatic nitrogens is 2. The first-order valence-corrected chi connectivity index (χ1v) is 8.00. The zero-order valence-corrected chi connectivity index (χ0v) is 14.9. The number of carbonyl (C=O) groups excluding carboxylic acids is 1. The molecule has 0 bridgehead atoms. The van der Waals surface area contributed by atoms with Gasteiger partial charge in [-0.05, 0) is 52.0 Å². The fraction of sp³-hybridized carbons (Fsp3) is 0.471. The summed E-state index contributed by atoms with van der Waals surface area (Å²) in [4.78, 5) is 15.8. The minimum absolute atomic E-state index is 0.0578. The number of β-amino-alcohol motifs (C(OH)–C–C–N with tert-alkyl or cyclic N) is 1. The molecule has 2 aromatic rings. The second-order valence-corrected chi connectivity index (χ2v) is 6.72. The van der Waals surface area contributed by atoms with Crippen molar-refractivity contribution in [3.63, 3.8) is 0 Å². The Morgan fingerprint density at radius 3 is 2.56 bits per heavy atom.